The first kappa shape index (κ1) is 25.9. The van der Waals surface area contributed by atoms with Crippen LogP contribution >= 0.6 is 0 Å². The second kappa shape index (κ2) is 6.77. The average Bonchev–Trinajstić information content (AvgIpc) is 2.41. The Morgan fingerprint density at radius 2 is 1.07 bits per heavy atom. The van der Waals surface area contributed by atoms with Gasteiger partial charge in [0.05, 0.1) is 0 Å². The molecule has 1 unspecified atom stereocenters. The van der Waals surface area contributed by atoms with Crippen LogP contribution in [0.3, 0.4) is 0 Å². The molecule has 0 aliphatic heterocycles. The Kier molecular flexibility index (Phi) is 6.50. The topological polar surface area (TPSA) is 54.4 Å². The molecule has 0 aliphatic carbocycles. The van der Waals surface area contributed by atoms with E-state index in [4.69, 9.17) is 4.55 Å². The number of hydrogen-bond donors (Lipinski definition) is 1. The predicted octanol–water partition coefficient (Wildman–Crippen LogP) is 4.69. The molecule has 0 aromatic rings. The molecular weight excluding hydrogens is 454 g/mol. The summed E-state index contributed by atoms with van der Waals surface area (Å²) < 4.78 is 206. The fraction of sp³-hybridized carbons (Fsp3) is 1.00. The van der Waals surface area contributed by atoms with Gasteiger partial charge >= 0.3 is 45.2 Å². The monoisotopic (exact) mass is 460 g/mol. The van der Waals surface area contributed by atoms with Crippen LogP contribution < -0.4 is 0 Å². The third kappa shape index (κ3) is 4.19. The molecule has 0 fully saturated rings. The van der Waals surface area contributed by atoms with Gasteiger partial charge in [0.1, 0.15) is 0 Å². The highest BCUT2D eigenvalue weighted by atomic mass is 32.2. The van der Waals surface area contributed by atoms with Gasteiger partial charge in [0, 0.05) is 6.42 Å². The summed E-state index contributed by atoms with van der Waals surface area (Å²) in [5, 5.41) is -7.46. The highest BCUT2D eigenvalue weighted by molar-refractivity contribution is 7.87. The predicted molar refractivity (Wildman–Crippen MR) is 56.5 cm³/mol. The molecular formula is C9H6F14O3S. The molecule has 0 aliphatic rings. The van der Waals surface area contributed by atoms with Gasteiger partial charge in [-0.2, -0.15) is 65.5 Å². The van der Waals surface area contributed by atoms with Gasteiger partial charge in [-0.15, -0.1) is 0 Å². The first-order valence-corrected chi connectivity index (χ1v) is 7.39. The SMILES string of the molecule is O=S(=O)(O)C(F)(F)C(F)(F)C(F)(F)C(F)(F)C(F)(F)C(F)CCC(F)(F)F. The molecule has 0 amide bonds. The van der Waals surface area contributed by atoms with Crippen LogP contribution in [0, 0.1) is 0 Å². The van der Waals surface area contributed by atoms with Crippen LogP contribution in [0.25, 0.3) is 0 Å². The van der Waals surface area contributed by atoms with Gasteiger partial charge in [0.15, 0.2) is 6.17 Å². The van der Waals surface area contributed by atoms with Crippen LogP contribution in [-0.4, -0.2) is 54.3 Å². The van der Waals surface area contributed by atoms with E-state index < -0.39 is 64.3 Å². The molecule has 1 atom stereocenters. The second-order valence-corrected chi connectivity index (χ2v) is 6.42. The number of alkyl halides is 14. The Morgan fingerprint density at radius 1 is 0.704 bits per heavy atom. The number of halogens is 14. The molecule has 3 nitrogen and oxygen atoms in total. The molecule has 0 aromatic carbocycles. The van der Waals surface area contributed by atoms with Gasteiger partial charge in [-0.25, -0.2) is 4.39 Å². The summed E-state index contributed by atoms with van der Waals surface area (Å²) in [7, 11) is -7.58. The van der Waals surface area contributed by atoms with Gasteiger partial charge in [-0.3, -0.25) is 4.55 Å². The van der Waals surface area contributed by atoms with Crippen molar-refractivity contribution in [3.05, 3.63) is 0 Å². The lowest BCUT2D eigenvalue weighted by molar-refractivity contribution is -0.397. The lowest BCUT2D eigenvalue weighted by Crippen LogP contribution is -2.70. The van der Waals surface area contributed by atoms with Crippen LogP contribution in [0.2, 0.25) is 0 Å². The Morgan fingerprint density at radius 3 is 1.37 bits per heavy atom. The van der Waals surface area contributed by atoms with Crippen molar-refractivity contribution in [2.75, 3.05) is 0 Å². The maximum absolute atomic E-state index is 13.2. The molecule has 0 heterocycles. The lowest BCUT2D eigenvalue weighted by Gasteiger charge is -2.39. The van der Waals surface area contributed by atoms with E-state index in [9.17, 15) is 69.9 Å². The van der Waals surface area contributed by atoms with Crippen molar-refractivity contribution < 1.29 is 74.4 Å². The first-order valence-electron chi connectivity index (χ1n) is 5.95. The molecule has 0 saturated carbocycles. The van der Waals surface area contributed by atoms with Crippen molar-refractivity contribution in [1.29, 1.82) is 0 Å². The van der Waals surface area contributed by atoms with E-state index in [1.807, 2.05) is 0 Å². The van der Waals surface area contributed by atoms with Crippen molar-refractivity contribution in [3.63, 3.8) is 0 Å². The van der Waals surface area contributed by atoms with Gasteiger partial charge in [-0.1, -0.05) is 0 Å². The average molecular weight is 460 g/mol. The zero-order valence-corrected chi connectivity index (χ0v) is 12.8. The van der Waals surface area contributed by atoms with Gasteiger partial charge in [0.2, 0.25) is 0 Å². The summed E-state index contributed by atoms with van der Waals surface area (Å²) in [5.41, 5.74) is 0. The molecule has 0 aromatic heterocycles. The van der Waals surface area contributed by atoms with Crippen LogP contribution in [0.4, 0.5) is 61.5 Å². The zero-order chi connectivity index (χ0) is 22.5. The van der Waals surface area contributed by atoms with Crippen LogP contribution in [0.15, 0.2) is 0 Å². The Labute approximate surface area is 140 Å². The second-order valence-electron chi connectivity index (χ2n) is 4.96. The number of hydrogen-bond acceptors (Lipinski definition) is 2. The molecule has 1 N–H and O–H groups in total. The maximum atomic E-state index is 13.2. The molecule has 18 heteroatoms. The van der Waals surface area contributed by atoms with Gasteiger partial charge in [0.25, 0.3) is 0 Å². The van der Waals surface area contributed by atoms with E-state index in [1.54, 1.807) is 0 Å². The lowest BCUT2D eigenvalue weighted by atomic mass is 9.93. The van der Waals surface area contributed by atoms with Crippen molar-refractivity contribution >= 4 is 10.1 Å². The Bertz CT molecular complexity index is 637. The van der Waals surface area contributed by atoms with E-state index in [0.29, 0.717) is 0 Å². The van der Waals surface area contributed by atoms with Crippen LogP contribution in [0.5, 0.6) is 0 Å². The Balaban J connectivity index is 6.15. The maximum Gasteiger partial charge on any atom is 0.438 e. The summed E-state index contributed by atoms with van der Waals surface area (Å²) in [4.78, 5) is 0. The molecule has 0 bridgehead atoms. The summed E-state index contributed by atoms with van der Waals surface area (Å²) in [6.45, 7) is 0. The van der Waals surface area contributed by atoms with Gasteiger partial charge < -0.3 is 0 Å². The minimum atomic E-state index is -8.05. The highest BCUT2D eigenvalue weighted by Gasteiger charge is 2.89. The summed E-state index contributed by atoms with van der Waals surface area (Å²) >= 11 is 0. The molecule has 0 saturated heterocycles. The zero-order valence-electron chi connectivity index (χ0n) is 12.0. The molecule has 27 heavy (non-hydrogen) atoms. The van der Waals surface area contributed by atoms with E-state index in [0.717, 1.165) is 0 Å². The summed E-state index contributed by atoms with van der Waals surface area (Å²) in [6, 6.07) is 0. The van der Waals surface area contributed by atoms with E-state index in [1.165, 1.54) is 0 Å². The summed E-state index contributed by atoms with van der Waals surface area (Å²) in [6.07, 6.45) is -15.6. The largest absolute Gasteiger partial charge is 0.438 e. The van der Waals surface area contributed by atoms with Crippen molar-refractivity contribution in [1.82, 2.24) is 0 Å². The van der Waals surface area contributed by atoms with Crippen LogP contribution in [0.1, 0.15) is 12.8 Å². The molecule has 0 rings (SSSR count). The normalized spacial score (nSPS) is 17.1. The fourth-order valence-electron chi connectivity index (χ4n) is 1.42. The standard InChI is InChI=1S/C9H6F14O3S/c10-3(1-2-4(11,12)13)5(14,15)6(16,17)7(18,19)8(20,21)9(22,23)27(24,25)26/h3H,1-2H2,(H,24,25,26). The van der Waals surface area contributed by atoms with E-state index in [-0.39, 0.29) is 0 Å². The minimum Gasteiger partial charge on any atom is -0.281 e. The summed E-state index contributed by atoms with van der Waals surface area (Å²) in [5.74, 6) is -30.9. The smallest absolute Gasteiger partial charge is 0.281 e. The molecule has 164 valence electrons. The third-order valence-electron chi connectivity index (χ3n) is 2.97. The molecule has 0 spiro atoms. The van der Waals surface area contributed by atoms with Gasteiger partial charge in [-0.05, 0) is 6.42 Å². The van der Waals surface area contributed by atoms with Crippen LogP contribution in [-0.2, 0) is 10.1 Å². The third-order valence-corrected chi connectivity index (χ3v) is 3.88. The van der Waals surface area contributed by atoms with Crippen molar-refractivity contribution in [2.45, 2.75) is 54.1 Å². The van der Waals surface area contributed by atoms with E-state index in [2.05, 4.69) is 0 Å². The first-order chi connectivity index (χ1) is 11.4. The van der Waals surface area contributed by atoms with E-state index >= 15 is 0 Å². The molecule has 0 radical (unpaired) electrons. The number of rotatable bonds is 8. The fourth-order valence-corrected chi connectivity index (χ4v) is 1.87. The highest BCUT2D eigenvalue weighted by Crippen LogP contribution is 2.59. The Hall–Kier alpha value is -1.07. The minimum absolute atomic E-state index is 2.61. The quantitative estimate of drug-likeness (QED) is 0.423. The van der Waals surface area contributed by atoms with Crippen molar-refractivity contribution in [2.24, 2.45) is 0 Å². The van der Waals surface area contributed by atoms with Crippen molar-refractivity contribution in [3.8, 4) is 0 Å².